The van der Waals surface area contributed by atoms with Crippen molar-refractivity contribution in [1.82, 2.24) is 75.3 Å². The number of amides is 5. The number of alkyl carbamates (subject to hydrolysis) is 1. The van der Waals surface area contributed by atoms with Gasteiger partial charge < -0.3 is 86.4 Å². The average molecular weight is 1610 g/mol. The number of nitrogens with one attached hydrogen (secondary N) is 5. The van der Waals surface area contributed by atoms with Crippen LogP contribution in [0, 0.1) is 0 Å². The van der Waals surface area contributed by atoms with Crippen LogP contribution in [0.3, 0.4) is 0 Å². The molecule has 44 heteroatoms. The Morgan fingerprint density at radius 3 is 1.88 bits per heavy atom. The number of methoxy groups -OCH3 is 1. The number of carboxylic acids is 3. The van der Waals surface area contributed by atoms with Crippen molar-refractivity contribution in [2.24, 2.45) is 0 Å². The SMILES string of the molecule is COc1ccc(C[C@H](NC(=O)[C@@H](CCCNC(C)=O)NC(=O)OC(C)(C)C)C(=O)NC2[C@@H](COP(=O)(O)O[C@@H]3C[C@H](n4ccc(N)nc4=O)O[C@@H]3COP(=O)(O)OCCCCCCNC(=O)CN3CCCN(CC(=O)O)CCN(CC(=O)O)CCCN(CC(=O)O)CC3)O[C@@H](n3cnc4c(N(C)C)ncnc43)[C@H]2O)cc1. The molecule has 1 aromatic carbocycles. The highest BCUT2D eigenvalue weighted by Gasteiger charge is 2.49. The molecule has 42 nitrogen and oxygen atoms in total. The molecule has 618 valence electrons. The molecule has 0 bridgehead atoms. The number of carboxylic acid groups (broad SMARTS) is 3. The fraction of sp³-hybridized carbons (Fsp3) is 0.657. The molecule has 5 amide bonds. The number of carbonyl (C=O) groups excluding carboxylic acids is 5. The molecule has 0 aliphatic carbocycles. The third kappa shape index (κ3) is 30.2. The molecule has 3 aliphatic heterocycles. The number of nitrogens with zero attached hydrogens (tertiary/aromatic N) is 11. The highest BCUT2D eigenvalue weighted by atomic mass is 31.2. The van der Waals surface area contributed by atoms with E-state index in [9.17, 15) is 82.5 Å². The lowest BCUT2D eigenvalue weighted by molar-refractivity contribution is -0.140. The second-order valence-electron chi connectivity index (χ2n) is 28.1. The number of fused-ring (bicyclic) bond motifs is 1. The lowest BCUT2D eigenvalue weighted by atomic mass is 10.0. The van der Waals surface area contributed by atoms with Crippen LogP contribution < -0.4 is 47.6 Å². The summed E-state index contributed by atoms with van der Waals surface area (Å²) >= 11 is 0. The molecule has 0 saturated carbocycles. The summed E-state index contributed by atoms with van der Waals surface area (Å²) in [7, 11) is -5.46. The van der Waals surface area contributed by atoms with Gasteiger partial charge in [-0.3, -0.25) is 80.4 Å². The van der Waals surface area contributed by atoms with Gasteiger partial charge in [-0.25, -0.2) is 33.7 Å². The zero-order chi connectivity index (χ0) is 81.2. The number of phosphoric ester groups is 2. The molecular formula is C67H105N17O25P2. The summed E-state index contributed by atoms with van der Waals surface area (Å²) in [6.07, 6.45) is -4.13. The van der Waals surface area contributed by atoms with Crippen LogP contribution in [0.1, 0.15) is 104 Å². The molecule has 11 atom stereocenters. The fourth-order valence-electron chi connectivity index (χ4n) is 12.5. The van der Waals surface area contributed by atoms with Gasteiger partial charge in [0, 0.05) is 99.0 Å². The first-order valence-corrected chi connectivity index (χ1v) is 39.3. The number of hydrogen-bond acceptors (Lipinski definition) is 30. The standard InChI is InChI=1S/C67H105N17O25P2/c1-43(85)69-22-12-15-46(75-66(97)108-67(2,3)4)62(94)74-47(33-44-16-18-45(102-7)19-17-44)63(95)77-57-50(107-64(59(57)93)84-42-73-58-60(78(5)6)71-41-72-61(58)84)40-105-111(100,101)109-48-34-53(83-27-20-51(68)76-65(83)96)106-49(48)39-104-110(98,99)103-32-11-9-8-10-21-70-52(86)35-79-23-13-24-81(37-55(89)90)30-31-82(38-56(91)92)26-14-25-80(29-28-79)36-54(87)88/h16-20,27,41-42,46-50,53,57,59,64,93H,8-15,21-26,28-40H2,1-7H3,(H,69,85)(H,70,86)(H,74,94)(H,75,97)(H,77,95)(H,87,88)(H,89,90)(H,91,92)(H,98,99)(H,100,101)(H2,68,76,96)/t46-,47+,48-,49-,50-,53-,57?,59+,64-/m1/s1. The van der Waals surface area contributed by atoms with Crippen LogP contribution in [0.5, 0.6) is 5.75 Å². The molecular weight excluding hydrogens is 1500 g/mol. The summed E-state index contributed by atoms with van der Waals surface area (Å²) in [6, 6.07) is 3.41. The minimum absolute atomic E-state index is 0.0309. The zero-order valence-corrected chi connectivity index (χ0v) is 65.0. The third-order valence-corrected chi connectivity index (χ3v) is 19.9. The van der Waals surface area contributed by atoms with E-state index in [-0.39, 0.29) is 113 Å². The number of carbonyl (C=O) groups is 8. The van der Waals surface area contributed by atoms with Crippen LogP contribution in [-0.2, 0) is 81.4 Å². The molecule has 3 saturated heterocycles. The van der Waals surface area contributed by atoms with E-state index >= 15 is 0 Å². The molecule has 4 aromatic rings. The number of anilines is 2. The summed E-state index contributed by atoms with van der Waals surface area (Å²) in [4.78, 5) is 164. The van der Waals surface area contributed by atoms with E-state index in [1.807, 2.05) is 4.90 Å². The molecule has 6 heterocycles. The van der Waals surface area contributed by atoms with Gasteiger partial charge in [0.05, 0.1) is 65.5 Å². The number of aromatic nitrogens is 6. The first kappa shape index (κ1) is 89.8. The monoisotopic (exact) mass is 1610 g/mol. The van der Waals surface area contributed by atoms with Crippen molar-refractivity contribution < 1.29 is 115 Å². The number of unbranched alkanes of at least 4 members (excludes halogenated alkanes) is 3. The van der Waals surface area contributed by atoms with Crippen LogP contribution in [0.15, 0.2) is 54.0 Å². The van der Waals surface area contributed by atoms with Gasteiger partial charge in [0.2, 0.25) is 23.6 Å². The van der Waals surface area contributed by atoms with Crippen LogP contribution in [0.4, 0.5) is 16.4 Å². The van der Waals surface area contributed by atoms with E-state index in [0.29, 0.717) is 88.5 Å². The number of phosphoric acid groups is 2. The molecule has 3 aliphatic rings. The summed E-state index contributed by atoms with van der Waals surface area (Å²) in [5, 5.41) is 54.6. The number of imidazole rings is 1. The van der Waals surface area contributed by atoms with Gasteiger partial charge in [0.15, 0.2) is 23.2 Å². The zero-order valence-electron chi connectivity index (χ0n) is 63.2. The molecule has 3 fully saturated rings. The van der Waals surface area contributed by atoms with Crippen LogP contribution in [0.25, 0.3) is 11.2 Å². The number of aliphatic carboxylic acids is 3. The van der Waals surface area contributed by atoms with Gasteiger partial charge in [-0.05, 0) is 89.6 Å². The predicted octanol–water partition coefficient (Wildman–Crippen LogP) is -0.124. The molecule has 0 spiro atoms. The summed E-state index contributed by atoms with van der Waals surface area (Å²) in [6.45, 7) is 6.30. The Morgan fingerprint density at radius 2 is 1.30 bits per heavy atom. The van der Waals surface area contributed by atoms with Crippen LogP contribution in [0.2, 0.25) is 0 Å². The Kier molecular flexibility index (Phi) is 34.8. The molecule has 3 aromatic heterocycles. The molecule has 13 N–H and O–H groups in total. The lowest BCUT2D eigenvalue weighted by Gasteiger charge is -2.30. The smallest absolute Gasteiger partial charge is 0.472 e. The van der Waals surface area contributed by atoms with E-state index < -0.39 is 137 Å². The van der Waals surface area contributed by atoms with Crippen molar-refractivity contribution in [2.45, 2.75) is 153 Å². The van der Waals surface area contributed by atoms with Crippen molar-refractivity contribution >= 4 is 86.1 Å². The lowest BCUT2D eigenvalue weighted by Crippen LogP contribution is -2.58. The highest BCUT2D eigenvalue weighted by Crippen LogP contribution is 2.51. The summed E-state index contributed by atoms with van der Waals surface area (Å²) in [5.74, 6) is -4.83. The first-order valence-electron chi connectivity index (χ1n) is 36.3. The maximum atomic E-state index is 15.0. The van der Waals surface area contributed by atoms with Gasteiger partial charge in [0.1, 0.15) is 66.2 Å². The minimum atomic E-state index is -5.42. The summed E-state index contributed by atoms with van der Waals surface area (Å²) in [5.41, 5.74) is 4.82. The normalized spacial score (nSPS) is 21.7. The number of hydrogen-bond donors (Lipinski definition) is 12. The van der Waals surface area contributed by atoms with Crippen molar-refractivity contribution in [1.29, 1.82) is 0 Å². The number of benzene rings is 1. The Bertz CT molecular complexity index is 3910. The minimum Gasteiger partial charge on any atom is -0.497 e. The van der Waals surface area contributed by atoms with Gasteiger partial charge in [-0.15, -0.1) is 0 Å². The Morgan fingerprint density at radius 1 is 0.703 bits per heavy atom. The number of ether oxygens (including phenoxy) is 4. The number of nitrogen functional groups attached to an aromatic ring is 1. The average Bonchev–Trinajstić information content (AvgIpc) is 1.59. The molecule has 111 heavy (non-hydrogen) atoms. The van der Waals surface area contributed by atoms with Gasteiger partial charge >= 0.3 is 45.3 Å². The van der Waals surface area contributed by atoms with Crippen molar-refractivity contribution in [3.63, 3.8) is 0 Å². The van der Waals surface area contributed by atoms with E-state index in [2.05, 4.69) is 46.5 Å². The van der Waals surface area contributed by atoms with Gasteiger partial charge in [0.25, 0.3) is 0 Å². The molecule has 0 radical (unpaired) electrons. The second kappa shape index (κ2) is 43.0. The maximum Gasteiger partial charge on any atom is 0.472 e. The second-order valence-corrected chi connectivity index (χ2v) is 31.0. The van der Waals surface area contributed by atoms with E-state index in [1.165, 1.54) is 43.5 Å². The van der Waals surface area contributed by atoms with Gasteiger partial charge in [-0.2, -0.15) is 4.98 Å². The van der Waals surface area contributed by atoms with Crippen LogP contribution in [-0.4, -0.2) is 307 Å². The third-order valence-electron chi connectivity index (χ3n) is 17.9. The van der Waals surface area contributed by atoms with Crippen molar-refractivity contribution in [3.05, 3.63) is 65.2 Å². The quantitative estimate of drug-likeness (QED) is 0.0205. The van der Waals surface area contributed by atoms with Crippen molar-refractivity contribution in [3.8, 4) is 5.75 Å². The van der Waals surface area contributed by atoms with Crippen molar-refractivity contribution in [2.75, 3.05) is 143 Å². The van der Waals surface area contributed by atoms with E-state index in [4.69, 9.17) is 42.8 Å². The maximum absolute atomic E-state index is 15.0. The Hall–Kier alpha value is -8.45. The van der Waals surface area contributed by atoms with Gasteiger partial charge in [-0.1, -0.05) is 25.0 Å². The fourth-order valence-corrected chi connectivity index (χ4v) is 14.3. The Labute approximate surface area is 640 Å². The van der Waals surface area contributed by atoms with E-state index in [1.54, 1.807) is 78.7 Å². The Balaban J connectivity index is 0.996. The molecule has 7 rings (SSSR count). The number of aliphatic hydroxyl groups excluding tert-OH is 1. The summed E-state index contributed by atoms with van der Waals surface area (Å²) < 4.78 is 75.3. The highest BCUT2D eigenvalue weighted by molar-refractivity contribution is 7.47. The van der Waals surface area contributed by atoms with E-state index in [0.717, 1.165) is 4.57 Å². The number of rotatable bonds is 39. The largest absolute Gasteiger partial charge is 0.497 e. The topological polar surface area (TPSA) is 547 Å². The first-order chi connectivity index (χ1) is 52.5. The molecule has 3 unspecified atom stereocenters. The predicted molar refractivity (Wildman–Crippen MR) is 394 cm³/mol. The number of aliphatic hydroxyl groups is 1. The number of nitrogens with two attached hydrogens (primary N) is 1. The van der Waals surface area contributed by atoms with Crippen LogP contribution >= 0.6 is 15.6 Å².